The number of allylic oxidation sites excluding steroid dienone is 4. The summed E-state index contributed by atoms with van der Waals surface area (Å²) in [5, 5.41) is 7.07. The molecule has 63 heavy (non-hydrogen) atoms. The van der Waals surface area contributed by atoms with Crippen LogP contribution in [0, 0.1) is 0 Å². The predicted octanol–water partition coefficient (Wildman–Crippen LogP) is 16.3. The van der Waals surface area contributed by atoms with Crippen LogP contribution in [-0.4, -0.2) is 15.0 Å². The lowest BCUT2D eigenvalue weighted by Gasteiger charge is -2.17. The van der Waals surface area contributed by atoms with E-state index in [0.29, 0.717) is 17.5 Å². The van der Waals surface area contributed by atoms with Gasteiger partial charge in [0.25, 0.3) is 0 Å². The molecule has 1 aliphatic carbocycles. The summed E-state index contributed by atoms with van der Waals surface area (Å²) < 4.78 is 12.2. The van der Waals surface area contributed by atoms with Crippen LogP contribution in [0.1, 0.15) is 23.7 Å². The zero-order chi connectivity index (χ0) is 41.4. The van der Waals surface area contributed by atoms with Gasteiger partial charge >= 0.3 is 0 Å². The number of aromatic nitrogens is 3. The van der Waals surface area contributed by atoms with Crippen molar-refractivity contribution >= 4 is 90.5 Å². The van der Waals surface area contributed by atoms with Gasteiger partial charge in [0.1, 0.15) is 11.2 Å². The molecule has 4 nitrogen and oxygen atoms in total. The summed E-state index contributed by atoms with van der Waals surface area (Å²) in [7, 11) is 0. The summed E-state index contributed by atoms with van der Waals surface area (Å²) in [6.07, 6.45) is 7.61. The van der Waals surface area contributed by atoms with Gasteiger partial charge in [0.05, 0.1) is 0 Å². The lowest BCUT2D eigenvalue weighted by atomic mass is 9.89. The van der Waals surface area contributed by atoms with Crippen LogP contribution < -0.4 is 0 Å². The van der Waals surface area contributed by atoms with E-state index < -0.39 is 0 Å². The highest BCUT2D eigenvalue weighted by atomic mass is 32.1. The van der Waals surface area contributed by atoms with Crippen LogP contribution in [0.5, 0.6) is 0 Å². The highest BCUT2D eigenvalue weighted by Crippen LogP contribution is 2.46. The molecular formula is C57H35N3OS2. The molecule has 0 saturated heterocycles. The molecule has 0 N–H and O–H groups in total. The van der Waals surface area contributed by atoms with Crippen LogP contribution in [0.2, 0.25) is 0 Å². The number of furan rings is 1. The largest absolute Gasteiger partial charge is 0.455 e. The molecule has 0 aliphatic heterocycles. The molecule has 0 saturated carbocycles. The van der Waals surface area contributed by atoms with Crippen molar-refractivity contribution in [2.24, 2.45) is 0 Å². The minimum atomic E-state index is 0.224. The van der Waals surface area contributed by atoms with Crippen LogP contribution in [0.25, 0.3) is 113 Å². The third-order valence-corrected chi connectivity index (χ3v) is 14.8. The first-order valence-corrected chi connectivity index (χ1v) is 22.9. The summed E-state index contributed by atoms with van der Waals surface area (Å²) in [4.78, 5) is 15.7. The fourth-order valence-electron chi connectivity index (χ4n) is 9.40. The van der Waals surface area contributed by atoms with Gasteiger partial charge in [-0.15, -0.1) is 22.7 Å². The number of thiophene rings is 2. The Morgan fingerprint density at radius 3 is 1.83 bits per heavy atom. The number of benzene rings is 8. The fourth-order valence-corrected chi connectivity index (χ4v) is 11.6. The van der Waals surface area contributed by atoms with Crippen molar-refractivity contribution in [3.8, 4) is 45.0 Å². The molecule has 0 fully saturated rings. The molecule has 4 heterocycles. The van der Waals surface area contributed by atoms with Gasteiger partial charge in [0.2, 0.25) is 0 Å². The van der Waals surface area contributed by atoms with Crippen LogP contribution in [-0.2, 0) is 0 Å². The SMILES string of the molecule is C1=CC(c2nc(-c3ccccc3)nc(-c3cccc4oc5c(-c6ccc7sc8ccccc8c7c6)cc(-c6ccc7sc8ccccc8c7c6)cc5c34)n2)=CC(c2ccccc2)C1. The molecule has 0 spiro atoms. The maximum absolute atomic E-state index is 7.02. The second-order valence-corrected chi connectivity index (χ2v) is 18.4. The molecule has 13 rings (SSSR count). The summed E-state index contributed by atoms with van der Waals surface area (Å²) in [5.74, 6) is 2.11. The first-order chi connectivity index (χ1) is 31.2. The van der Waals surface area contributed by atoms with Gasteiger partial charge in [0.15, 0.2) is 17.5 Å². The first kappa shape index (κ1) is 36.2. The molecule has 12 aromatic rings. The van der Waals surface area contributed by atoms with Gasteiger partial charge in [-0.1, -0.05) is 140 Å². The van der Waals surface area contributed by atoms with Gasteiger partial charge in [-0.3, -0.25) is 0 Å². The minimum Gasteiger partial charge on any atom is -0.455 e. The van der Waals surface area contributed by atoms with E-state index in [9.17, 15) is 0 Å². The smallest absolute Gasteiger partial charge is 0.164 e. The summed E-state index contributed by atoms with van der Waals surface area (Å²) in [6, 6.07) is 62.9. The van der Waals surface area contributed by atoms with Crippen molar-refractivity contribution in [1.82, 2.24) is 15.0 Å². The molecule has 4 aromatic heterocycles. The number of fused-ring (bicyclic) bond motifs is 9. The van der Waals surface area contributed by atoms with E-state index in [1.54, 1.807) is 0 Å². The normalized spacial score (nSPS) is 14.2. The third kappa shape index (κ3) is 6.13. The lowest BCUT2D eigenvalue weighted by Crippen LogP contribution is -2.05. The quantitative estimate of drug-likeness (QED) is 0.167. The molecule has 1 unspecified atom stereocenters. The average molecular weight is 842 g/mol. The van der Waals surface area contributed by atoms with Crippen LogP contribution in [0.4, 0.5) is 0 Å². The maximum Gasteiger partial charge on any atom is 0.164 e. The number of hydrogen-bond acceptors (Lipinski definition) is 6. The third-order valence-electron chi connectivity index (χ3n) is 12.5. The van der Waals surface area contributed by atoms with E-state index in [4.69, 9.17) is 19.4 Å². The fraction of sp³-hybridized carbons (Fsp3) is 0.0351. The van der Waals surface area contributed by atoms with E-state index in [2.05, 4.69) is 176 Å². The van der Waals surface area contributed by atoms with Gasteiger partial charge in [-0.2, -0.15) is 0 Å². The maximum atomic E-state index is 7.02. The summed E-state index contributed by atoms with van der Waals surface area (Å²) >= 11 is 3.68. The molecule has 0 amide bonds. The number of rotatable bonds is 6. The monoisotopic (exact) mass is 841 g/mol. The molecule has 8 aromatic carbocycles. The Morgan fingerprint density at radius 1 is 0.444 bits per heavy atom. The van der Waals surface area contributed by atoms with E-state index in [1.807, 2.05) is 40.9 Å². The predicted molar refractivity (Wildman–Crippen MR) is 266 cm³/mol. The van der Waals surface area contributed by atoms with Crippen molar-refractivity contribution < 1.29 is 4.42 Å². The van der Waals surface area contributed by atoms with Gasteiger partial charge in [-0.25, -0.2) is 15.0 Å². The topological polar surface area (TPSA) is 51.8 Å². The zero-order valence-corrected chi connectivity index (χ0v) is 35.5. The molecule has 1 atom stereocenters. The summed E-state index contributed by atoms with van der Waals surface area (Å²) in [5.41, 5.74) is 10.1. The van der Waals surface area contributed by atoms with Crippen molar-refractivity contribution in [2.75, 3.05) is 0 Å². The van der Waals surface area contributed by atoms with E-state index >= 15 is 0 Å². The molecule has 6 heteroatoms. The van der Waals surface area contributed by atoms with E-state index in [0.717, 1.165) is 67.3 Å². The van der Waals surface area contributed by atoms with Crippen molar-refractivity contribution in [3.05, 3.63) is 206 Å². The van der Waals surface area contributed by atoms with Crippen molar-refractivity contribution in [1.29, 1.82) is 0 Å². The number of nitrogens with zero attached hydrogens (tertiary/aromatic N) is 3. The Kier molecular flexibility index (Phi) is 8.36. The Bertz CT molecular complexity index is 3840. The molecular weight excluding hydrogens is 807 g/mol. The number of hydrogen-bond donors (Lipinski definition) is 0. The molecule has 0 bridgehead atoms. The van der Waals surface area contributed by atoms with Gasteiger partial charge in [0, 0.05) is 79.3 Å². The standard InChI is InChI=1S/C57H35N3OS2/c1-3-13-34(14-4-1)36-17-11-18-39(29-36)56-58-55(35-15-5-2-6-16-35)59-57(60-56)43-21-12-22-48-53(43)47-33-40(37-25-27-51-45(30-37)41-19-7-9-23-49(41)62-51)32-44(54(47)61-48)38-26-28-52-46(31-38)42-20-8-10-24-50(42)63-52/h1-16,18-33,36H,17H2. The molecule has 0 radical (unpaired) electrons. The van der Waals surface area contributed by atoms with E-state index in [-0.39, 0.29) is 5.92 Å². The van der Waals surface area contributed by atoms with Crippen molar-refractivity contribution in [3.63, 3.8) is 0 Å². The average Bonchev–Trinajstić information content (AvgIpc) is 4.05. The van der Waals surface area contributed by atoms with Gasteiger partial charge in [-0.05, 0) is 83.3 Å². The van der Waals surface area contributed by atoms with Crippen LogP contribution in [0.15, 0.2) is 199 Å². The van der Waals surface area contributed by atoms with Crippen LogP contribution >= 0.6 is 22.7 Å². The lowest BCUT2D eigenvalue weighted by molar-refractivity contribution is 0.670. The second kappa shape index (κ2) is 14.6. The Labute approximate surface area is 370 Å². The van der Waals surface area contributed by atoms with Gasteiger partial charge < -0.3 is 4.42 Å². The molecule has 1 aliphatic rings. The highest BCUT2D eigenvalue weighted by molar-refractivity contribution is 7.26. The van der Waals surface area contributed by atoms with E-state index in [1.165, 1.54) is 45.9 Å². The Hall–Kier alpha value is -7.51. The Morgan fingerprint density at radius 2 is 1.06 bits per heavy atom. The first-order valence-electron chi connectivity index (χ1n) is 21.3. The zero-order valence-electron chi connectivity index (χ0n) is 33.8. The Balaban J connectivity index is 1.06. The van der Waals surface area contributed by atoms with Crippen LogP contribution in [0.3, 0.4) is 0 Å². The van der Waals surface area contributed by atoms with Crippen molar-refractivity contribution in [2.45, 2.75) is 12.3 Å². The highest BCUT2D eigenvalue weighted by Gasteiger charge is 2.23. The summed E-state index contributed by atoms with van der Waals surface area (Å²) in [6.45, 7) is 0. The second-order valence-electron chi connectivity index (χ2n) is 16.2. The minimum absolute atomic E-state index is 0.224. The molecule has 296 valence electrons.